The highest BCUT2D eigenvalue weighted by molar-refractivity contribution is 7.11. The highest BCUT2D eigenvalue weighted by atomic mass is 32.1. The molecule has 128 valence electrons. The third kappa shape index (κ3) is 4.14. The molecule has 1 aliphatic rings. The second-order valence-electron chi connectivity index (χ2n) is 7.70. The first-order chi connectivity index (χ1) is 10.6. The Balaban J connectivity index is 2.31. The Morgan fingerprint density at radius 2 is 1.96 bits per heavy atom. The van der Waals surface area contributed by atoms with Crippen molar-refractivity contribution in [2.75, 3.05) is 20.6 Å². The third-order valence-electron chi connectivity index (χ3n) is 4.02. The van der Waals surface area contributed by atoms with Gasteiger partial charge in [-0.3, -0.25) is 4.99 Å². The molecular formula is C18H30N4S. The van der Waals surface area contributed by atoms with Crippen molar-refractivity contribution in [2.24, 2.45) is 10.4 Å². The molecule has 0 fully saturated rings. The average molecular weight is 335 g/mol. The van der Waals surface area contributed by atoms with Crippen molar-refractivity contribution in [3.05, 3.63) is 26.8 Å². The van der Waals surface area contributed by atoms with Crippen LogP contribution in [0.3, 0.4) is 0 Å². The fourth-order valence-electron chi connectivity index (χ4n) is 3.39. The van der Waals surface area contributed by atoms with Gasteiger partial charge in [0.1, 0.15) is 5.84 Å². The highest BCUT2D eigenvalue weighted by Crippen LogP contribution is 2.34. The maximum atomic E-state index is 4.58. The second kappa shape index (κ2) is 6.63. The molecule has 0 bridgehead atoms. The Bertz CT molecular complexity index is 634. The van der Waals surface area contributed by atoms with Gasteiger partial charge in [-0.25, -0.2) is 4.98 Å². The molecule has 1 aliphatic heterocycles. The van der Waals surface area contributed by atoms with Gasteiger partial charge in [0.05, 0.1) is 27.3 Å². The van der Waals surface area contributed by atoms with Crippen LogP contribution in [0.2, 0.25) is 0 Å². The SMILES string of the molecule is CN=C1NC(c2sc(C)nc2C)CC(C)=C1N(C)CC(C)(C)C. The predicted octanol–water partition coefficient (Wildman–Crippen LogP) is 4.07. The molecule has 1 atom stereocenters. The summed E-state index contributed by atoms with van der Waals surface area (Å²) in [6, 6.07) is 0.284. The van der Waals surface area contributed by atoms with E-state index in [2.05, 4.69) is 68.8 Å². The van der Waals surface area contributed by atoms with Crippen LogP contribution in [0.25, 0.3) is 0 Å². The van der Waals surface area contributed by atoms with Crippen molar-refractivity contribution in [3.63, 3.8) is 0 Å². The number of hydrogen-bond acceptors (Lipinski definition) is 4. The maximum absolute atomic E-state index is 4.58. The standard InChI is InChI=1S/C18H30N4S/c1-11-9-14(16-12(2)20-13(3)23-16)21-17(19-7)15(11)22(8)10-18(4,5)6/h14H,9-10H2,1-8H3,(H,19,21). The van der Waals surface area contributed by atoms with Crippen LogP contribution >= 0.6 is 11.3 Å². The van der Waals surface area contributed by atoms with Gasteiger partial charge in [0, 0.05) is 20.6 Å². The Morgan fingerprint density at radius 1 is 1.30 bits per heavy atom. The molecule has 0 spiro atoms. The van der Waals surface area contributed by atoms with E-state index in [1.807, 2.05) is 7.05 Å². The van der Waals surface area contributed by atoms with E-state index in [-0.39, 0.29) is 11.5 Å². The molecule has 0 aliphatic carbocycles. The number of aryl methyl sites for hydroxylation is 2. The number of nitrogens with zero attached hydrogens (tertiary/aromatic N) is 3. The summed E-state index contributed by atoms with van der Waals surface area (Å²) < 4.78 is 0. The zero-order valence-corrected chi connectivity index (χ0v) is 16.6. The first-order valence-electron chi connectivity index (χ1n) is 8.21. The summed E-state index contributed by atoms with van der Waals surface area (Å²) in [5, 5.41) is 4.77. The molecule has 0 aromatic carbocycles. The van der Waals surface area contributed by atoms with Crippen molar-refractivity contribution < 1.29 is 0 Å². The molecule has 1 unspecified atom stereocenters. The summed E-state index contributed by atoms with van der Waals surface area (Å²) in [4.78, 5) is 12.8. The smallest absolute Gasteiger partial charge is 0.145 e. The zero-order valence-electron chi connectivity index (χ0n) is 15.7. The minimum Gasteiger partial charge on any atom is -0.371 e. The molecule has 23 heavy (non-hydrogen) atoms. The van der Waals surface area contributed by atoms with Crippen LogP contribution in [0.1, 0.15) is 55.7 Å². The van der Waals surface area contributed by atoms with Crippen LogP contribution in [-0.4, -0.2) is 36.4 Å². The Morgan fingerprint density at radius 3 is 2.43 bits per heavy atom. The molecule has 0 radical (unpaired) electrons. The van der Waals surface area contributed by atoms with Crippen molar-refractivity contribution in [2.45, 2.75) is 54.0 Å². The zero-order chi connectivity index (χ0) is 17.4. The lowest BCUT2D eigenvalue weighted by atomic mass is 9.93. The summed E-state index contributed by atoms with van der Waals surface area (Å²) in [7, 11) is 4.03. The Hall–Kier alpha value is -1.36. The van der Waals surface area contributed by atoms with Gasteiger partial charge >= 0.3 is 0 Å². The predicted molar refractivity (Wildman–Crippen MR) is 100 cm³/mol. The number of hydrogen-bond donors (Lipinski definition) is 1. The number of thiazole rings is 1. The first-order valence-corrected chi connectivity index (χ1v) is 9.02. The first kappa shape index (κ1) is 18.0. The van der Waals surface area contributed by atoms with Crippen LogP contribution < -0.4 is 5.32 Å². The van der Waals surface area contributed by atoms with E-state index in [1.165, 1.54) is 16.1 Å². The molecular weight excluding hydrogens is 304 g/mol. The number of amidine groups is 1. The molecule has 0 saturated heterocycles. The van der Waals surface area contributed by atoms with Gasteiger partial charge in [0.2, 0.25) is 0 Å². The number of aliphatic imine (C=N–C) groups is 1. The molecule has 4 nitrogen and oxygen atoms in total. The summed E-state index contributed by atoms with van der Waals surface area (Å²) in [5.74, 6) is 0.996. The molecule has 2 rings (SSSR count). The highest BCUT2D eigenvalue weighted by Gasteiger charge is 2.29. The van der Waals surface area contributed by atoms with Gasteiger partial charge in [-0.2, -0.15) is 0 Å². The minimum absolute atomic E-state index is 0.253. The molecule has 0 saturated carbocycles. The van der Waals surface area contributed by atoms with Crippen LogP contribution in [0.4, 0.5) is 0 Å². The van der Waals surface area contributed by atoms with Gasteiger partial charge in [0.25, 0.3) is 0 Å². The lowest BCUT2D eigenvalue weighted by molar-refractivity contribution is 0.272. The van der Waals surface area contributed by atoms with Gasteiger partial charge < -0.3 is 10.2 Å². The molecule has 5 heteroatoms. The van der Waals surface area contributed by atoms with Crippen molar-refractivity contribution >= 4 is 17.2 Å². The van der Waals surface area contributed by atoms with Crippen LogP contribution in [0.5, 0.6) is 0 Å². The minimum atomic E-state index is 0.253. The number of rotatable bonds is 3. The van der Waals surface area contributed by atoms with E-state index in [9.17, 15) is 0 Å². The van der Waals surface area contributed by atoms with Crippen molar-refractivity contribution in [3.8, 4) is 0 Å². The van der Waals surface area contributed by atoms with Crippen LogP contribution in [0.15, 0.2) is 16.3 Å². The molecule has 1 aromatic heterocycles. The van der Waals surface area contributed by atoms with Crippen LogP contribution in [0, 0.1) is 19.3 Å². The average Bonchev–Trinajstić information content (AvgIpc) is 2.74. The van der Waals surface area contributed by atoms with E-state index < -0.39 is 0 Å². The number of likely N-dealkylation sites (N-methyl/N-ethyl adjacent to an activating group) is 1. The molecule has 1 aromatic rings. The molecule has 1 N–H and O–H groups in total. The van der Waals surface area contributed by atoms with Crippen LogP contribution in [-0.2, 0) is 0 Å². The largest absolute Gasteiger partial charge is 0.371 e. The van der Waals surface area contributed by atoms with E-state index in [0.29, 0.717) is 0 Å². The second-order valence-corrected chi connectivity index (χ2v) is 8.94. The lowest BCUT2D eigenvalue weighted by Crippen LogP contribution is -2.42. The summed E-state index contributed by atoms with van der Waals surface area (Å²) in [5.41, 5.74) is 4.03. The van der Waals surface area contributed by atoms with Gasteiger partial charge in [-0.1, -0.05) is 20.8 Å². The van der Waals surface area contributed by atoms with Gasteiger partial charge in [-0.05, 0) is 38.2 Å². The summed E-state index contributed by atoms with van der Waals surface area (Å²) >= 11 is 1.79. The quantitative estimate of drug-likeness (QED) is 0.905. The number of aromatic nitrogens is 1. The number of nitrogens with one attached hydrogen (secondary N) is 1. The Labute approximate surface area is 144 Å². The summed E-state index contributed by atoms with van der Waals surface area (Å²) in [6.07, 6.45) is 1.01. The maximum Gasteiger partial charge on any atom is 0.145 e. The van der Waals surface area contributed by atoms with Gasteiger partial charge in [-0.15, -0.1) is 11.3 Å². The van der Waals surface area contributed by atoms with Gasteiger partial charge in [0.15, 0.2) is 0 Å². The van der Waals surface area contributed by atoms with Crippen molar-refractivity contribution in [1.82, 2.24) is 15.2 Å². The molecule has 2 heterocycles. The fourth-order valence-corrected chi connectivity index (χ4v) is 4.36. The van der Waals surface area contributed by atoms with E-state index in [4.69, 9.17) is 0 Å². The topological polar surface area (TPSA) is 40.5 Å². The summed E-state index contributed by atoms with van der Waals surface area (Å²) in [6.45, 7) is 14.2. The van der Waals surface area contributed by atoms with E-state index in [0.717, 1.165) is 29.5 Å². The Kier molecular flexibility index (Phi) is 5.19. The fraction of sp³-hybridized carbons (Fsp3) is 0.667. The lowest BCUT2D eigenvalue weighted by Gasteiger charge is -2.36. The van der Waals surface area contributed by atoms with Crippen molar-refractivity contribution in [1.29, 1.82) is 0 Å². The van der Waals surface area contributed by atoms with E-state index in [1.54, 1.807) is 11.3 Å². The normalized spacial score (nSPS) is 20.9. The molecule has 0 amide bonds. The van der Waals surface area contributed by atoms with E-state index >= 15 is 0 Å². The monoisotopic (exact) mass is 334 g/mol. The third-order valence-corrected chi connectivity index (χ3v) is 5.21.